The summed E-state index contributed by atoms with van der Waals surface area (Å²) in [6.45, 7) is 0. The third-order valence-corrected chi connectivity index (χ3v) is 11.5. The maximum Gasteiger partial charge on any atom is 0.164 e. The Kier molecular flexibility index (Phi) is 6.57. The van der Waals surface area contributed by atoms with E-state index in [2.05, 4.69) is 91.0 Å². The molecule has 0 N–H and O–H groups in total. The van der Waals surface area contributed by atoms with Gasteiger partial charge in [-0.2, -0.15) is 0 Å². The second-order valence-electron chi connectivity index (χ2n) is 13.4. The van der Waals surface area contributed by atoms with Gasteiger partial charge in [0.05, 0.1) is 15.6 Å². The molecule has 9 aromatic rings. The van der Waals surface area contributed by atoms with E-state index in [1.54, 1.807) is 11.3 Å². The standard InChI is InChI=1S/C47H28N4OS/c1-3-13-29(14-4-1)43-49-44(30-15-5-2-6-16-30)51-45(50-43)31-24-26-35-34(27-31)33-25-23-32(46-48-39-19-9-12-22-42(39)53-46)28-38(33)47(35)36-17-7-10-20-40(36)52-41-21-11-8-18-37(41)47/h1-28H. The van der Waals surface area contributed by atoms with Crippen molar-refractivity contribution in [1.82, 2.24) is 19.9 Å². The molecular formula is C47H28N4OS. The van der Waals surface area contributed by atoms with E-state index in [9.17, 15) is 0 Å². The summed E-state index contributed by atoms with van der Waals surface area (Å²) in [7, 11) is 0. The fourth-order valence-electron chi connectivity index (χ4n) is 8.11. The Balaban J connectivity index is 1.17. The van der Waals surface area contributed by atoms with Crippen molar-refractivity contribution in [3.05, 3.63) is 192 Å². The predicted octanol–water partition coefficient (Wildman–Crippen LogP) is 11.6. The first-order valence-electron chi connectivity index (χ1n) is 17.6. The van der Waals surface area contributed by atoms with Gasteiger partial charge < -0.3 is 4.74 Å². The summed E-state index contributed by atoms with van der Waals surface area (Å²) in [5, 5.41) is 1.00. The van der Waals surface area contributed by atoms with Gasteiger partial charge in [-0.25, -0.2) is 19.9 Å². The van der Waals surface area contributed by atoms with Gasteiger partial charge in [0.2, 0.25) is 0 Å². The minimum Gasteiger partial charge on any atom is -0.457 e. The van der Waals surface area contributed by atoms with Crippen molar-refractivity contribution in [3.63, 3.8) is 0 Å². The smallest absolute Gasteiger partial charge is 0.164 e. The molecule has 1 aliphatic carbocycles. The van der Waals surface area contributed by atoms with Crippen LogP contribution in [0.25, 0.3) is 66.1 Å². The van der Waals surface area contributed by atoms with E-state index < -0.39 is 5.41 Å². The van der Waals surface area contributed by atoms with E-state index in [0.717, 1.165) is 61.0 Å². The van der Waals surface area contributed by atoms with Crippen molar-refractivity contribution in [1.29, 1.82) is 0 Å². The molecule has 7 aromatic carbocycles. The largest absolute Gasteiger partial charge is 0.457 e. The topological polar surface area (TPSA) is 60.8 Å². The predicted molar refractivity (Wildman–Crippen MR) is 212 cm³/mol. The number of rotatable bonds is 4. The second kappa shape index (κ2) is 11.6. The van der Waals surface area contributed by atoms with Crippen LogP contribution < -0.4 is 4.74 Å². The van der Waals surface area contributed by atoms with E-state index in [0.29, 0.717) is 17.5 Å². The molecule has 2 aromatic heterocycles. The Morgan fingerprint density at radius 2 is 0.962 bits per heavy atom. The highest BCUT2D eigenvalue weighted by atomic mass is 32.1. The van der Waals surface area contributed by atoms with Crippen molar-refractivity contribution in [3.8, 4) is 67.4 Å². The molecule has 53 heavy (non-hydrogen) atoms. The summed E-state index contributed by atoms with van der Waals surface area (Å²) in [5.41, 5.74) is 11.2. The van der Waals surface area contributed by atoms with Gasteiger partial charge in [0, 0.05) is 33.4 Å². The van der Waals surface area contributed by atoms with Crippen LogP contribution in [0, 0.1) is 0 Å². The molecule has 11 rings (SSSR count). The lowest BCUT2D eigenvalue weighted by atomic mass is 9.66. The van der Waals surface area contributed by atoms with Crippen LogP contribution in [-0.2, 0) is 5.41 Å². The van der Waals surface area contributed by atoms with Crippen LogP contribution in [0.3, 0.4) is 0 Å². The summed E-state index contributed by atoms with van der Waals surface area (Å²) in [5.74, 6) is 3.62. The first-order chi connectivity index (χ1) is 26.2. The molecule has 0 unspecified atom stereocenters. The number of benzene rings is 7. The lowest BCUT2D eigenvalue weighted by molar-refractivity contribution is 0.436. The highest BCUT2D eigenvalue weighted by Gasteiger charge is 2.51. The van der Waals surface area contributed by atoms with Gasteiger partial charge in [0.15, 0.2) is 17.5 Å². The Morgan fingerprint density at radius 3 is 1.62 bits per heavy atom. The average molecular weight is 697 g/mol. The van der Waals surface area contributed by atoms with Gasteiger partial charge in [-0.05, 0) is 58.7 Å². The van der Waals surface area contributed by atoms with Crippen molar-refractivity contribution < 1.29 is 4.74 Å². The van der Waals surface area contributed by atoms with Gasteiger partial charge in [0.25, 0.3) is 0 Å². The molecule has 1 spiro atoms. The van der Waals surface area contributed by atoms with Gasteiger partial charge in [-0.3, -0.25) is 0 Å². The summed E-state index contributed by atoms with van der Waals surface area (Å²) in [6, 6.07) is 59.0. The molecule has 0 bridgehead atoms. The normalized spacial score (nSPS) is 13.2. The van der Waals surface area contributed by atoms with Crippen LogP contribution >= 0.6 is 11.3 Å². The van der Waals surface area contributed by atoms with Gasteiger partial charge in [-0.1, -0.05) is 133 Å². The molecule has 5 nitrogen and oxygen atoms in total. The maximum absolute atomic E-state index is 6.62. The average Bonchev–Trinajstić information content (AvgIpc) is 3.79. The van der Waals surface area contributed by atoms with Crippen LogP contribution in [0.1, 0.15) is 22.3 Å². The molecule has 6 heteroatoms. The first kappa shape index (κ1) is 29.9. The number of ether oxygens (including phenoxy) is 1. The monoisotopic (exact) mass is 696 g/mol. The number of hydrogen-bond donors (Lipinski definition) is 0. The lowest BCUT2D eigenvalue weighted by Gasteiger charge is -2.39. The maximum atomic E-state index is 6.62. The van der Waals surface area contributed by atoms with Crippen LogP contribution in [-0.4, -0.2) is 19.9 Å². The molecule has 0 saturated carbocycles. The van der Waals surface area contributed by atoms with E-state index in [1.165, 1.54) is 21.4 Å². The van der Waals surface area contributed by atoms with Crippen molar-refractivity contribution in [2.45, 2.75) is 5.41 Å². The van der Waals surface area contributed by atoms with E-state index in [1.807, 2.05) is 78.9 Å². The molecular weight excluding hydrogens is 669 g/mol. The Bertz CT molecular complexity index is 2750. The molecule has 0 fully saturated rings. The zero-order valence-corrected chi connectivity index (χ0v) is 29.1. The molecule has 3 heterocycles. The Labute approximate surface area is 309 Å². The highest BCUT2D eigenvalue weighted by molar-refractivity contribution is 7.21. The van der Waals surface area contributed by atoms with Crippen LogP contribution in [0.2, 0.25) is 0 Å². The highest BCUT2D eigenvalue weighted by Crippen LogP contribution is 2.62. The molecule has 0 radical (unpaired) electrons. The first-order valence-corrected chi connectivity index (χ1v) is 18.5. The number of thiazole rings is 1. The van der Waals surface area contributed by atoms with Gasteiger partial charge >= 0.3 is 0 Å². The third kappa shape index (κ3) is 4.56. The van der Waals surface area contributed by atoms with E-state index in [-0.39, 0.29) is 0 Å². The Morgan fingerprint density at radius 1 is 0.396 bits per heavy atom. The SMILES string of the molecule is c1ccc(-c2nc(-c3ccccc3)nc(-c3ccc4c(c3)-c3ccc(-c5nc6ccccc6s5)cc3C43c4ccccc4Oc4ccccc43)n2)cc1. The second-order valence-corrected chi connectivity index (χ2v) is 14.4. The van der Waals surface area contributed by atoms with Crippen LogP contribution in [0.4, 0.5) is 0 Å². The van der Waals surface area contributed by atoms with Crippen LogP contribution in [0.5, 0.6) is 11.5 Å². The molecule has 0 saturated heterocycles. The molecule has 0 atom stereocenters. The molecule has 248 valence electrons. The molecule has 1 aliphatic heterocycles. The van der Waals surface area contributed by atoms with Crippen LogP contribution in [0.15, 0.2) is 170 Å². The zero-order chi connectivity index (χ0) is 34.9. The van der Waals surface area contributed by atoms with E-state index in [4.69, 9.17) is 24.7 Å². The molecule has 0 amide bonds. The third-order valence-electron chi connectivity index (χ3n) is 10.4. The zero-order valence-electron chi connectivity index (χ0n) is 28.3. The number of aromatic nitrogens is 4. The summed E-state index contributed by atoms with van der Waals surface area (Å²) in [4.78, 5) is 20.2. The molecule has 2 aliphatic rings. The van der Waals surface area contributed by atoms with Crippen molar-refractivity contribution in [2.24, 2.45) is 0 Å². The Hall–Kier alpha value is -6.76. The number of fused-ring (bicyclic) bond motifs is 10. The number of hydrogen-bond acceptors (Lipinski definition) is 6. The number of nitrogens with zero attached hydrogens (tertiary/aromatic N) is 4. The van der Waals surface area contributed by atoms with Crippen molar-refractivity contribution >= 4 is 21.6 Å². The summed E-state index contributed by atoms with van der Waals surface area (Å²) < 4.78 is 7.79. The minimum absolute atomic E-state index is 0.620. The lowest BCUT2D eigenvalue weighted by Crippen LogP contribution is -2.32. The van der Waals surface area contributed by atoms with Gasteiger partial charge in [0.1, 0.15) is 16.5 Å². The fourth-order valence-corrected chi connectivity index (χ4v) is 9.07. The number of para-hydroxylation sites is 3. The quantitative estimate of drug-likeness (QED) is 0.183. The summed E-state index contributed by atoms with van der Waals surface area (Å²) >= 11 is 1.73. The minimum atomic E-state index is -0.620. The fraction of sp³-hybridized carbons (Fsp3) is 0.0213. The summed E-state index contributed by atoms with van der Waals surface area (Å²) in [6.07, 6.45) is 0. The van der Waals surface area contributed by atoms with E-state index >= 15 is 0 Å². The van der Waals surface area contributed by atoms with Gasteiger partial charge in [-0.15, -0.1) is 11.3 Å². The van der Waals surface area contributed by atoms with Crippen molar-refractivity contribution in [2.75, 3.05) is 0 Å².